The van der Waals surface area contributed by atoms with Crippen LogP contribution in [-0.4, -0.2) is 33.3 Å². The Morgan fingerprint density at radius 1 is 1.08 bits per heavy atom. The Balaban J connectivity index is 1.48. The second kappa shape index (κ2) is 11.7. The van der Waals surface area contributed by atoms with Gasteiger partial charge >= 0.3 is 0 Å². The summed E-state index contributed by atoms with van der Waals surface area (Å²) in [6, 6.07) is 20.1. The van der Waals surface area contributed by atoms with Crippen LogP contribution in [0.25, 0.3) is 10.9 Å². The highest BCUT2D eigenvalue weighted by atomic mass is 16.6. The molecule has 0 saturated heterocycles. The van der Waals surface area contributed by atoms with Gasteiger partial charge in [0.15, 0.2) is 6.61 Å². The number of nitro groups is 1. The number of carbonyl (C=O) groups excluding carboxylic acids is 1. The molecule has 0 radical (unpaired) electrons. The third-order valence-corrected chi connectivity index (χ3v) is 6.68. The maximum atomic E-state index is 13.5. The lowest BCUT2D eigenvalue weighted by Crippen LogP contribution is -2.25. The SMILES string of the molecule is O=C(COc1ccc([N+](=O)[O-])cc1C=Nn1c(C2CCCCC2)nc2ccccc2c1=O)Nc1ccccc1. The molecule has 1 fully saturated rings. The molecule has 1 aromatic heterocycles. The average molecular weight is 526 g/mol. The molecule has 39 heavy (non-hydrogen) atoms. The van der Waals surface area contributed by atoms with Gasteiger partial charge in [0.1, 0.15) is 11.6 Å². The monoisotopic (exact) mass is 525 g/mol. The third-order valence-electron chi connectivity index (χ3n) is 6.68. The summed E-state index contributed by atoms with van der Waals surface area (Å²) in [5.41, 5.74) is 1.00. The van der Waals surface area contributed by atoms with Crippen LogP contribution in [0.5, 0.6) is 5.75 Å². The minimum atomic E-state index is -0.527. The summed E-state index contributed by atoms with van der Waals surface area (Å²) in [5.74, 6) is 0.478. The van der Waals surface area contributed by atoms with E-state index in [9.17, 15) is 19.7 Å². The summed E-state index contributed by atoms with van der Waals surface area (Å²) in [7, 11) is 0. The maximum absolute atomic E-state index is 13.5. The van der Waals surface area contributed by atoms with Gasteiger partial charge < -0.3 is 10.1 Å². The molecule has 1 N–H and O–H groups in total. The smallest absolute Gasteiger partial charge is 0.282 e. The van der Waals surface area contributed by atoms with Crippen LogP contribution in [0.3, 0.4) is 0 Å². The fraction of sp³-hybridized carbons (Fsp3) is 0.241. The van der Waals surface area contributed by atoms with E-state index in [4.69, 9.17) is 9.72 Å². The minimum absolute atomic E-state index is 0.0794. The highest BCUT2D eigenvalue weighted by Crippen LogP contribution is 2.32. The largest absolute Gasteiger partial charge is 0.483 e. The highest BCUT2D eigenvalue weighted by Gasteiger charge is 2.22. The van der Waals surface area contributed by atoms with Crippen molar-refractivity contribution in [3.63, 3.8) is 0 Å². The maximum Gasteiger partial charge on any atom is 0.282 e. The number of para-hydroxylation sites is 2. The topological polar surface area (TPSA) is 129 Å². The Morgan fingerprint density at radius 2 is 1.82 bits per heavy atom. The van der Waals surface area contributed by atoms with Crippen LogP contribution in [0.2, 0.25) is 0 Å². The third kappa shape index (κ3) is 6.01. The van der Waals surface area contributed by atoms with Gasteiger partial charge in [0.2, 0.25) is 0 Å². The second-order valence-corrected chi connectivity index (χ2v) is 9.37. The van der Waals surface area contributed by atoms with Crippen molar-refractivity contribution < 1.29 is 14.5 Å². The van der Waals surface area contributed by atoms with E-state index in [1.807, 2.05) is 18.2 Å². The zero-order chi connectivity index (χ0) is 27.2. The van der Waals surface area contributed by atoms with Crippen molar-refractivity contribution >= 4 is 34.4 Å². The predicted molar refractivity (Wildman–Crippen MR) is 148 cm³/mol. The first kappa shape index (κ1) is 25.8. The van der Waals surface area contributed by atoms with Gasteiger partial charge in [-0.3, -0.25) is 19.7 Å². The van der Waals surface area contributed by atoms with E-state index in [0.717, 1.165) is 32.1 Å². The van der Waals surface area contributed by atoms with Gasteiger partial charge in [-0.15, -0.1) is 0 Å². The van der Waals surface area contributed by atoms with Gasteiger partial charge in [-0.05, 0) is 43.2 Å². The number of fused-ring (bicyclic) bond motifs is 1. The van der Waals surface area contributed by atoms with Crippen LogP contribution in [0.15, 0.2) is 82.7 Å². The molecule has 1 saturated carbocycles. The number of anilines is 1. The van der Waals surface area contributed by atoms with Gasteiger partial charge in [0.05, 0.1) is 22.0 Å². The van der Waals surface area contributed by atoms with E-state index in [1.165, 1.54) is 29.1 Å². The number of hydrogen-bond donors (Lipinski definition) is 1. The molecule has 0 aliphatic heterocycles. The number of carbonyl (C=O) groups is 1. The molecule has 1 heterocycles. The summed E-state index contributed by atoms with van der Waals surface area (Å²) in [5, 5.41) is 19.1. The number of nitrogens with zero attached hydrogens (tertiary/aromatic N) is 4. The van der Waals surface area contributed by atoms with Gasteiger partial charge in [-0.2, -0.15) is 9.78 Å². The molecule has 0 bridgehead atoms. The Kier molecular flexibility index (Phi) is 7.72. The van der Waals surface area contributed by atoms with Crippen molar-refractivity contribution in [2.45, 2.75) is 38.0 Å². The van der Waals surface area contributed by atoms with Gasteiger partial charge in [0, 0.05) is 29.3 Å². The standard InChI is InChI=1S/C29H27N5O5/c35-27(31-22-11-5-2-6-12-22)19-39-26-16-15-23(34(37)38)17-21(26)18-30-33-28(20-9-3-1-4-10-20)32-25-14-8-7-13-24(25)29(33)36/h2,5-8,11-18,20H,1,3-4,9-10,19H2,(H,31,35). The van der Waals surface area contributed by atoms with Gasteiger partial charge in [-0.25, -0.2) is 4.98 Å². The van der Waals surface area contributed by atoms with Crippen molar-refractivity contribution in [3.05, 3.63) is 105 Å². The van der Waals surface area contributed by atoms with Crippen molar-refractivity contribution in [2.75, 3.05) is 11.9 Å². The zero-order valence-electron chi connectivity index (χ0n) is 21.2. The number of amides is 1. The summed E-state index contributed by atoms with van der Waals surface area (Å²) >= 11 is 0. The van der Waals surface area contributed by atoms with Crippen molar-refractivity contribution in [3.8, 4) is 5.75 Å². The molecule has 0 atom stereocenters. The number of rotatable bonds is 8. The minimum Gasteiger partial charge on any atom is -0.483 e. The van der Waals surface area contributed by atoms with E-state index >= 15 is 0 Å². The number of nitro benzene ring substituents is 1. The molecule has 1 aliphatic carbocycles. The molecule has 4 aromatic rings. The first-order valence-corrected chi connectivity index (χ1v) is 12.8. The fourth-order valence-electron chi connectivity index (χ4n) is 4.74. The van der Waals surface area contributed by atoms with Crippen LogP contribution in [0.1, 0.15) is 49.4 Å². The molecule has 3 aromatic carbocycles. The highest BCUT2D eigenvalue weighted by molar-refractivity contribution is 5.92. The van der Waals surface area contributed by atoms with Crippen LogP contribution >= 0.6 is 0 Å². The van der Waals surface area contributed by atoms with Crippen molar-refractivity contribution in [1.82, 2.24) is 9.66 Å². The van der Waals surface area contributed by atoms with Crippen LogP contribution in [0, 0.1) is 10.1 Å². The van der Waals surface area contributed by atoms with E-state index in [-0.39, 0.29) is 35.1 Å². The number of nitrogens with one attached hydrogen (secondary N) is 1. The lowest BCUT2D eigenvalue weighted by molar-refractivity contribution is -0.384. The molecule has 5 rings (SSSR count). The van der Waals surface area contributed by atoms with E-state index in [1.54, 1.807) is 36.4 Å². The molecular weight excluding hydrogens is 498 g/mol. The van der Waals surface area contributed by atoms with Gasteiger partial charge in [-0.1, -0.05) is 49.6 Å². The van der Waals surface area contributed by atoms with Crippen LogP contribution in [-0.2, 0) is 4.79 Å². The Hall–Kier alpha value is -4.86. The second-order valence-electron chi connectivity index (χ2n) is 9.37. The number of aromatic nitrogens is 2. The fourth-order valence-corrected chi connectivity index (χ4v) is 4.74. The number of benzene rings is 3. The van der Waals surface area contributed by atoms with Crippen molar-refractivity contribution in [2.24, 2.45) is 5.10 Å². The Bertz CT molecular complexity index is 1590. The summed E-state index contributed by atoms with van der Waals surface area (Å²) in [6.45, 7) is -0.321. The molecule has 198 valence electrons. The van der Waals surface area contributed by atoms with E-state index in [2.05, 4.69) is 10.4 Å². The first-order chi connectivity index (χ1) is 19.0. The predicted octanol–water partition coefficient (Wildman–Crippen LogP) is 5.25. The van der Waals surface area contributed by atoms with Crippen molar-refractivity contribution in [1.29, 1.82) is 0 Å². The average Bonchev–Trinajstić information content (AvgIpc) is 2.96. The molecule has 1 amide bonds. The zero-order valence-corrected chi connectivity index (χ0v) is 21.2. The Morgan fingerprint density at radius 3 is 2.59 bits per heavy atom. The Labute approximate surface area is 224 Å². The molecule has 1 aliphatic rings. The molecule has 0 unspecified atom stereocenters. The number of hydrogen-bond acceptors (Lipinski definition) is 7. The molecule has 0 spiro atoms. The lowest BCUT2D eigenvalue weighted by Gasteiger charge is -2.22. The molecular formula is C29H27N5O5. The number of non-ortho nitro benzene ring substituents is 1. The van der Waals surface area contributed by atoms with Crippen LogP contribution < -0.4 is 15.6 Å². The van der Waals surface area contributed by atoms with Gasteiger partial charge in [0.25, 0.3) is 17.2 Å². The normalized spacial score (nSPS) is 13.9. The van der Waals surface area contributed by atoms with Crippen LogP contribution in [0.4, 0.5) is 11.4 Å². The van der Waals surface area contributed by atoms with E-state index in [0.29, 0.717) is 22.4 Å². The lowest BCUT2D eigenvalue weighted by atomic mass is 9.88. The quantitative estimate of drug-likeness (QED) is 0.190. The summed E-state index contributed by atoms with van der Waals surface area (Å²) in [6.07, 6.45) is 6.39. The van der Waals surface area contributed by atoms with E-state index < -0.39 is 10.8 Å². The number of ether oxygens (including phenoxy) is 1. The summed E-state index contributed by atoms with van der Waals surface area (Å²) < 4.78 is 7.01. The molecule has 10 nitrogen and oxygen atoms in total. The first-order valence-electron chi connectivity index (χ1n) is 12.8. The summed E-state index contributed by atoms with van der Waals surface area (Å²) in [4.78, 5) is 41.6. The molecule has 10 heteroatoms.